The molecule has 8 heteroatoms. The van der Waals surface area contributed by atoms with Gasteiger partial charge in [-0.3, -0.25) is 4.79 Å². The van der Waals surface area contributed by atoms with Crippen LogP contribution in [0.15, 0.2) is 42.6 Å². The van der Waals surface area contributed by atoms with Crippen LogP contribution in [-0.4, -0.2) is 45.3 Å². The second-order valence-electron chi connectivity index (χ2n) is 5.97. The molecule has 140 valence electrons. The fraction of sp³-hybridized carbons (Fsp3) is 0.158. The lowest BCUT2D eigenvalue weighted by Gasteiger charge is -2.17. The molecule has 2 aromatic carbocycles. The lowest BCUT2D eigenvalue weighted by atomic mass is 10.0. The van der Waals surface area contributed by atoms with Crippen LogP contribution >= 0.6 is 0 Å². The van der Waals surface area contributed by atoms with Crippen molar-refractivity contribution in [3.8, 4) is 17.2 Å². The monoisotopic (exact) mass is 370 g/mol. The number of hydrogen-bond donors (Lipinski definition) is 5. The predicted octanol–water partition coefficient (Wildman–Crippen LogP) is 1.80. The largest absolute Gasteiger partial charge is 0.508 e. The Morgan fingerprint density at radius 2 is 1.81 bits per heavy atom. The first-order chi connectivity index (χ1) is 12.9. The second kappa shape index (κ2) is 7.28. The molecule has 0 bridgehead atoms. The number of carbonyl (C=O) groups is 2. The van der Waals surface area contributed by atoms with E-state index in [4.69, 9.17) is 4.74 Å². The summed E-state index contributed by atoms with van der Waals surface area (Å²) in [5, 5.41) is 32.4. The first kappa shape index (κ1) is 18.1. The molecule has 0 unspecified atom stereocenters. The van der Waals surface area contributed by atoms with Crippen LogP contribution in [0, 0.1) is 0 Å². The number of esters is 1. The van der Waals surface area contributed by atoms with E-state index < -0.39 is 40.7 Å². The smallest absolute Gasteiger partial charge is 0.328 e. The van der Waals surface area contributed by atoms with E-state index in [0.717, 1.165) is 28.6 Å². The fourth-order valence-corrected chi connectivity index (χ4v) is 2.92. The highest BCUT2D eigenvalue weighted by molar-refractivity contribution is 6.01. The number of aromatic hydroxyl groups is 3. The van der Waals surface area contributed by atoms with E-state index in [9.17, 15) is 24.9 Å². The van der Waals surface area contributed by atoms with Gasteiger partial charge in [-0.1, -0.05) is 18.2 Å². The number of fused-ring (bicyclic) bond motifs is 1. The maximum atomic E-state index is 12.5. The number of amides is 1. The topological polar surface area (TPSA) is 132 Å². The number of rotatable bonds is 5. The van der Waals surface area contributed by atoms with E-state index >= 15 is 0 Å². The standard InChI is InChI=1S/C19H18N2O6/c1-27-19(26)14(6-10-9-20-13-5-3-2-4-12(10)13)21-18(25)17-15(23)7-11(22)8-16(17)24/h2-5,7-9,14,20,22-24H,6H2,1H3,(H,21,25)/t14-/m0/s1. The molecule has 0 aliphatic heterocycles. The van der Waals surface area contributed by atoms with Crippen molar-refractivity contribution in [1.82, 2.24) is 10.3 Å². The van der Waals surface area contributed by atoms with Crippen LogP contribution in [0.4, 0.5) is 0 Å². The predicted molar refractivity (Wildman–Crippen MR) is 96.7 cm³/mol. The number of carbonyl (C=O) groups excluding carboxylic acids is 2. The van der Waals surface area contributed by atoms with Gasteiger partial charge in [0.05, 0.1) is 7.11 Å². The molecule has 5 N–H and O–H groups in total. The van der Waals surface area contributed by atoms with E-state index in [1.807, 2.05) is 24.3 Å². The number of ether oxygens (including phenoxy) is 1. The number of aromatic amines is 1. The van der Waals surface area contributed by atoms with Gasteiger partial charge in [0.25, 0.3) is 5.91 Å². The summed E-state index contributed by atoms with van der Waals surface area (Å²) < 4.78 is 4.76. The maximum Gasteiger partial charge on any atom is 0.328 e. The molecule has 1 atom stereocenters. The Bertz CT molecular complexity index is 987. The number of phenolic OH excluding ortho intramolecular Hbond substituents is 3. The molecule has 1 heterocycles. The minimum Gasteiger partial charge on any atom is -0.508 e. The zero-order valence-corrected chi connectivity index (χ0v) is 14.4. The van der Waals surface area contributed by atoms with Crippen LogP contribution in [0.1, 0.15) is 15.9 Å². The minimum atomic E-state index is -1.05. The number of nitrogens with one attached hydrogen (secondary N) is 2. The minimum absolute atomic E-state index is 0.141. The summed E-state index contributed by atoms with van der Waals surface area (Å²) >= 11 is 0. The van der Waals surface area contributed by atoms with Gasteiger partial charge >= 0.3 is 5.97 Å². The van der Waals surface area contributed by atoms with Gasteiger partial charge < -0.3 is 30.4 Å². The van der Waals surface area contributed by atoms with Gasteiger partial charge in [-0.2, -0.15) is 0 Å². The molecule has 0 fully saturated rings. The second-order valence-corrected chi connectivity index (χ2v) is 5.97. The molecule has 0 radical (unpaired) electrons. The van der Waals surface area contributed by atoms with Crippen LogP contribution in [-0.2, 0) is 16.0 Å². The fourth-order valence-electron chi connectivity index (χ4n) is 2.92. The molecule has 8 nitrogen and oxygen atoms in total. The van der Waals surface area contributed by atoms with Gasteiger partial charge in [-0.05, 0) is 11.6 Å². The summed E-state index contributed by atoms with van der Waals surface area (Å²) in [6.45, 7) is 0. The highest BCUT2D eigenvalue weighted by Crippen LogP contribution is 2.32. The Kier molecular flexibility index (Phi) is 4.89. The zero-order valence-electron chi connectivity index (χ0n) is 14.4. The molecule has 0 saturated carbocycles. The van der Waals surface area contributed by atoms with Gasteiger partial charge in [-0.15, -0.1) is 0 Å². The molecule has 3 aromatic rings. The van der Waals surface area contributed by atoms with Crippen LogP contribution in [0.25, 0.3) is 10.9 Å². The van der Waals surface area contributed by atoms with Crippen LogP contribution in [0.3, 0.4) is 0 Å². The Labute approximate surface area is 154 Å². The SMILES string of the molecule is COC(=O)[C@H](Cc1c[nH]c2ccccc12)NC(=O)c1c(O)cc(O)cc1O. The third-order valence-electron chi connectivity index (χ3n) is 4.20. The molecular weight excluding hydrogens is 352 g/mol. The molecule has 0 saturated heterocycles. The van der Waals surface area contributed by atoms with Gasteiger partial charge in [0.1, 0.15) is 28.9 Å². The number of para-hydroxylation sites is 1. The van der Waals surface area contributed by atoms with Crippen molar-refractivity contribution in [2.45, 2.75) is 12.5 Å². The summed E-state index contributed by atoms with van der Waals surface area (Å²) in [6, 6.07) is 8.29. The summed E-state index contributed by atoms with van der Waals surface area (Å²) in [5.74, 6) is -3.17. The van der Waals surface area contributed by atoms with Crippen LogP contribution in [0.2, 0.25) is 0 Å². The average molecular weight is 370 g/mol. The Morgan fingerprint density at radius 3 is 2.48 bits per heavy atom. The van der Waals surface area contributed by atoms with Crippen molar-refractivity contribution in [2.24, 2.45) is 0 Å². The van der Waals surface area contributed by atoms with Gasteiger partial charge in [0.2, 0.25) is 0 Å². The van der Waals surface area contributed by atoms with Crippen molar-refractivity contribution in [2.75, 3.05) is 7.11 Å². The summed E-state index contributed by atoms with van der Waals surface area (Å²) in [6.07, 6.45) is 1.88. The first-order valence-electron chi connectivity index (χ1n) is 8.09. The third-order valence-corrected chi connectivity index (χ3v) is 4.20. The number of H-pyrrole nitrogens is 1. The first-order valence-corrected chi connectivity index (χ1v) is 8.09. The molecular formula is C19H18N2O6. The lowest BCUT2D eigenvalue weighted by Crippen LogP contribution is -2.43. The molecule has 3 rings (SSSR count). The van der Waals surface area contributed by atoms with Crippen molar-refractivity contribution < 1.29 is 29.6 Å². The normalized spacial score (nSPS) is 11.9. The number of aromatic nitrogens is 1. The molecule has 0 spiro atoms. The highest BCUT2D eigenvalue weighted by Gasteiger charge is 2.26. The van der Waals surface area contributed by atoms with Crippen molar-refractivity contribution in [3.63, 3.8) is 0 Å². The quantitative estimate of drug-likeness (QED) is 0.435. The highest BCUT2D eigenvalue weighted by atomic mass is 16.5. The average Bonchev–Trinajstić information content (AvgIpc) is 3.02. The van der Waals surface area contributed by atoms with Crippen molar-refractivity contribution >= 4 is 22.8 Å². The van der Waals surface area contributed by atoms with E-state index in [0.29, 0.717) is 0 Å². The molecule has 0 aliphatic rings. The van der Waals surface area contributed by atoms with E-state index in [-0.39, 0.29) is 6.42 Å². The van der Waals surface area contributed by atoms with Crippen molar-refractivity contribution in [1.29, 1.82) is 0 Å². The number of benzene rings is 2. The van der Waals surface area contributed by atoms with Crippen molar-refractivity contribution in [3.05, 3.63) is 53.7 Å². The molecule has 0 aliphatic carbocycles. The van der Waals surface area contributed by atoms with Crippen LogP contribution in [0.5, 0.6) is 17.2 Å². The van der Waals surface area contributed by atoms with Crippen LogP contribution < -0.4 is 5.32 Å². The van der Waals surface area contributed by atoms with Gasteiger partial charge in [0, 0.05) is 35.7 Å². The maximum absolute atomic E-state index is 12.5. The Balaban J connectivity index is 1.88. The zero-order chi connectivity index (χ0) is 19.6. The number of phenols is 3. The van der Waals surface area contributed by atoms with E-state index in [1.54, 1.807) is 6.20 Å². The molecule has 1 aromatic heterocycles. The van der Waals surface area contributed by atoms with Gasteiger partial charge in [-0.25, -0.2) is 4.79 Å². The lowest BCUT2D eigenvalue weighted by molar-refractivity contribution is -0.142. The van der Waals surface area contributed by atoms with Gasteiger partial charge in [0.15, 0.2) is 0 Å². The summed E-state index contributed by atoms with van der Waals surface area (Å²) in [5.41, 5.74) is 1.23. The molecule has 27 heavy (non-hydrogen) atoms. The number of hydrogen-bond acceptors (Lipinski definition) is 6. The number of methoxy groups -OCH3 is 1. The summed E-state index contributed by atoms with van der Waals surface area (Å²) in [7, 11) is 1.20. The Morgan fingerprint density at radius 1 is 1.15 bits per heavy atom. The third kappa shape index (κ3) is 3.64. The molecule has 1 amide bonds. The Hall–Kier alpha value is -3.68. The summed E-state index contributed by atoms with van der Waals surface area (Å²) in [4.78, 5) is 27.7. The van der Waals surface area contributed by atoms with E-state index in [1.165, 1.54) is 7.11 Å². The van der Waals surface area contributed by atoms with E-state index in [2.05, 4.69) is 10.3 Å².